The van der Waals surface area contributed by atoms with Gasteiger partial charge in [-0.25, -0.2) is 13.6 Å². The molecule has 1 aliphatic rings. The van der Waals surface area contributed by atoms with E-state index in [2.05, 4.69) is 10.1 Å². The Hall–Kier alpha value is -2.51. The van der Waals surface area contributed by atoms with Crippen molar-refractivity contribution in [3.63, 3.8) is 0 Å². The molecule has 0 saturated carbocycles. The van der Waals surface area contributed by atoms with Gasteiger partial charge in [0.15, 0.2) is 0 Å². The van der Waals surface area contributed by atoms with Crippen molar-refractivity contribution in [3.8, 4) is 11.4 Å². The molecule has 3 rings (SSSR count). The molecule has 0 spiro atoms. The third-order valence-electron chi connectivity index (χ3n) is 3.73. The summed E-state index contributed by atoms with van der Waals surface area (Å²) in [4.78, 5) is 18.1. The molecule has 1 saturated heterocycles. The number of halogens is 2. The van der Waals surface area contributed by atoms with Gasteiger partial charge < -0.3 is 9.26 Å². The Labute approximate surface area is 143 Å². The third kappa shape index (κ3) is 3.94. The van der Waals surface area contributed by atoms with Crippen LogP contribution in [-0.4, -0.2) is 33.3 Å². The first-order valence-corrected chi connectivity index (χ1v) is 8.02. The summed E-state index contributed by atoms with van der Waals surface area (Å²) in [6, 6.07) is 2.61. The molecule has 1 amide bonds. The number of hydrogen-bond donors (Lipinski definition) is 0. The summed E-state index contributed by atoms with van der Waals surface area (Å²) < 4.78 is 37.3. The Kier molecular flexibility index (Phi) is 4.45. The van der Waals surface area contributed by atoms with Crippen LogP contribution in [0.4, 0.5) is 13.6 Å². The van der Waals surface area contributed by atoms with Crippen molar-refractivity contribution in [1.82, 2.24) is 15.0 Å². The van der Waals surface area contributed by atoms with E-state index in [9.17, 15) is 13.6 Å². The van der Waals surface area contributed by atoms with Crippen molar-refractivity contribution in [2.75, 3.05) is 6.54 Å². The fraction of sp³-hybridized carbons (Fsp3) is 0.471. The zero-order chi connectivity index (χ0) is 18.2. The van der Waals surface area contributed by atoms with E-state index >= 15 is 0 Å². The lowest BCUT2D eigenvalue weighted by atomic mass is 10.2. The number of hydrogen-bond acceptors (Lipinski definition) is 5. The first-order chi connectivity index (χ1) is 11.7. The Morgan fingerprint density at radius 1 is 1.28 bits per heavy atom. The number of benzene rings is 1. The van der Waals surface area contributed by atoms with Crippen LogP contribution in [0.15, 0.2) is 22.7 Å². The lowest BCUT2D eigenvalue weighted by Crippen LogP contribution is -2.36. The first kappa shape index (κ1) is 17.3. The molecule has 1 aromatic carbocycles. The predicted molar refractivity (Wildman–Crippen MR) is 84.6 cm³/mol. The molecular weight excluding hydrogens is 332 g/mol. The standard InChI is InChI=1S/C17H19F2N3O3/c1-17(2,3)24-16(23)22-6-4-5-13(22)15-20-14(21-25-15)10-7-11(18)9-12(19)8-10/h7-9,13H,4-6H2,1-3H3/t13-/m0/s1. The minimum atomic E-state index is -0.724. The molecule has 134 valence electrons. The zero-order valence-electron chi connectivity index (χ0n) is 14.3. The summed E-state index contributed by atoms with van der Waals surface area (Å²) in [6.07, 6.45) is 0.973. The molecule has 1 aliphatic heterocycles. The van der Waals surface area contributed by atoms with Gasteiger partial charge in [-0.05, 0) is 45.7 Å². The van der Waals surface area contributed by atoms with Crippen LogP contribution in [0.1, 0.15) is 45.5 Å². The molecule has 8 heteroatoms. The van der Waals surface area contributed by atoms with Crippen molar-refractivity contribution in [2.24, 2.45) is 0 Å². The number of carbonyl (C=O) groups excluding carboxylic acids is 1. The van der Waals surface area contributed by atoms with Gasteiger partial charge in [0.2, 0.25) is 11.7 Å². The highest BCUT2D eigenvalue weighted by atomic mass is 19.1. The van der Waals surface area contributed by atoms with E-state index in [1.807, 2.05) is 0 Å². The van der Waals surface area contributed by atoms with Gasteiger partial charge in [-0.2, -0.15) is 4.98 Å². The molecule has 2 aromatic rings. The van der Waals surface area contributed by atoms with Gasteiger partial charge in [-0.3, -0.25) is 4.90 Å². The Bertz CT molecular complexity index is 765. The fourth-order valence-electron chi connectivity index (χ4n) is 2.73. The van der Waals surface area contributed by atoms with Gasteiger partial charge >= 0.3 is 6.09 Å². The van der Waals surface area contributed by atoms with Crippen LogP contribution in [0, 0.1) is 11.6 Å². The average molecular weight is 351 g/mol. The quantitative estimate of drug-likeness (QED) is 0.815. The van der Waals surface area contributed by atoms with E-state index in [0.717, 1.165) is 24.6 Å². The normalized spacial score (nSPS) is 17.8. The number of rotatable bonds is 2. The maximum atomic E-state index is 13.4. The smallest absolute Gasteiger partial charge is 0.410 e. The predicted octanol–water partition coefficient (Wildman–Crippen LogP) is 4.09. The highest BCUT2D eigenvalue weighted by molar-refractivity contribution is 5.69. The molecule has 0 unspecified atom stereocenters. The molecular formula is C17H19F2N3O3. The van der Waals surface area contributed by atoms with Crippen molar-refractivity contribution in [2.45, 2.75) is 45.3 Å². The molecule has 1 aromatic heterocycles. The summed E-state index contributed by atoms with van der Waals surface area (Å²) in [5.41, 5.74) is -0.433. The van der Waals surface area contributed by atoms with E-state index < -0.39 is 29.4 Å². The second kappa shape index (κ2) is 6.42. The van der Waals surface area contributed by atoms with Crippen molar-refractivity contribution in [1.29, 1.82) is 0 Å². The Morgan fingerprint density at radius 3 is 2.60 bits per heavy atom. The number of nitrogens with zero attached hydrogens (tertiary/aromatic N) is 3. The summed E-state index contributed by atoms with van der Waals surface area (Å²) in [5, 5.41) is 3.78. The van der Waals surface area contributed by atoms with Gasteiger partial charge in [0.1, 0.15) is 23.3 Å². The Balaban J connectivity index is 1.82. The number of ether oxygens (including phenoxy) is 1. The zero-order valence-corrected chi connectivity index (χ0v) is 14.3. The van der Waals surface area contributed by atoms with Crippen LogP contribution in [-0.2, 0) is 4.74 Å². The second-order valence-corrected chi connectivity index (χ2v) is 6.95. The lowest BCUT2D eigenvalue weighted by molar-refractivity contribution is 0.0199. The minimum absolute atomic E-state index is 0.0736. The van der Waals surface area contributed by atoms with Crippen LogP contribution in [0.3, 0.4) is 0 Å². The molecule has 0 N–H and O–H groups in total. The summed E-state index contributed by atoms with van der Waals surface area (Å²) in [7, 11) is 0. The largest absolute Gasteiger partial charge is 0.444 e. The lowest BCUT2D eigenvalue weighted by Gasteiger charge is -2.26. The van der Waals surface area contributed by atoms with Crippen LogP contribution < -0.4 is 0 Å². The molecule has 25 heavy (non-hydrogen) atoms. The second-order valence-electron chi connectivity index (χ2n) is 6.95. The van der Waals surface area contributed by atoms with Gasteiger partial charge in [0.25, 0.3) is 0 Å². The SMILES string of the molecule is CC(C)(C)OC(=O)N1CCC[C@H]1c1nc(-c2cc(F)cc(F)c2)no1. The van der Waals surface area contributed by atoms with Crippen LogP contribution in [0.5, 0.6) is 0 Å². The molecule has 6 nitrogen and oxygen atoms in total. The molecule has 1 fully saturated rings. The number of likely N-dealkylation sites (tertiary alicyclic amines) is 1. The molecule has 0 aliphatic carbocycles. The highest BCUT2D eigenvalue weighted by Crippen LogP contribution is 2.33. The maximum Gasteiger partial charge on any atom is 0.410 e. The highest BCUT2D eigenvalue weighted by Gasteiger charge is 2.36. The van der Waals surface area contributed by atoms with Crippen molar-refractivity contribution >= 4 is 6.09 Å². The molecule has 2 heterocycles. The topological polar surface area (TPSA) is 68.5 Å². The monoisotopic (exact) mass is 351 g/mol. The van der Waals surface area contributed by atoms with Crippen molar-refractivity contribution in [3.05, 3.63) is 35.7 Å². The Morgan fingerprint density at radius 2 is 1.96 bits per heavy atom. The molecule has 0 bridgehead atoms. The van der Waals surface area contributed by atoms with Crippen LogP contribution >= 0.6 is 0 Å². The number of carbonyl (C=O) groups is 1. The summed E-state index contributed by atoms with van der Waals surface area (Å²) in [6.45, 7) is 5.89. The third-order valence-corrected chi connectivity index (χ3v) is 3.73. The van der Waals surface area contributed by atoms with Gasteiger partial charge in [0, 0.05) is 18.2 Å². The van der Waals surface area contributed by atoms with Gasteiger partial charge in [-0.1, -0.05) is 5.16 Å². The summed E-state index contributed by atoms with van der Waals surface area (Å²) in [5.74, 6) is -1.15. The van der Waals surface area contributed by atoms with E-state index in [4.69, 9.17) is 9.26 Å². The maximum absolute atomic E-state index is 13.4. The van der Waals surface area contributed by atoms with Gasteiger partial charge in [-0.15, -0.1) is 0 Å². The van der Waals surface area contributed by atoms with E-state index in [1.54, 1.807) is 20.8 Å². The number of amides is 1. The van der Waals surface area contributed by atoms with Crippen LogP contribution in [0.25, 0.3) is 11.4 Å². The van der Waals surface area contributed by atoms with E-state index in [-0.39, 0.29) is 17.3 Å². The van der Waals surface area contributed by atoms with E-state index in [1.165, 1.54) is 4.90 Å². The number of aromatic nitrogens is 2. The minimum Gasteiger partial charge on any atom is -0.444 e. The molecule has 0 radical (unpaired) electrons. The van der Waals surface area contributed by atoms with E-state index in [0.29, 0.717) is 13.0 Å². The molecule has 1 atom stereocenters. The summed E-state index contributed by atoms with van der Waals surface area (Å²) >= 11 is 0. The van der Waals surface area contributed by atoms with Crippen LogP contribution in [0.2, 0.25) is 0 Å². The van der Waals surface area contributed by atoms with Gasteiger partial charge in [0.05, 0.1) is 0 Å². The fourth-order valence-corrected chi connectivity index (χ4v) is 2.73. The first-order valence-electron chi connectivity index (χ1n) is 8.02. The average Bonchev–Trinajstić information content (AvgIpc) is 3.13. The van der Waals surface area contributed by atoms with Crippen molar-refractivity contribution < 1.29 is 22.8 Å².